The van der Waals surface area contributed by atoms with Crippen LogP contribution in [0, 0.1) is 0 Å². The average Bonchev–Trinajstić information content (AvgIpc) is 2.63. The monoisotopic (exact) mass is 189 g/mol. The molecule has 0 aliphatic rings. The number of imidazole rings is 1. The number of hydrogen-bond donors (Lipinski definition) is 0. The van der Waals surface area contributed by atoms with Crippen molar-refractivity contribution in [2.75, 3.05) is 14.1 Å². The SMILES string of the molecule is CN(C)C(=O)c1cccn2cncc12. The fourth-order valence-electron chi connectivity index (χ4n) is 1.37. The number of carbonyl (C=O) groups is 1. The van der Waals surface area contributed by atoms with E-state index in [-0.39, 0.29) is 5.91 Å². The smallest absolute Gasteiger partial charge is 0.255 e. The predicted molar refractivity (Wildman–Crippen MR) is 53.2 cm³/mol. The van der Waals surface area contributed by atoms with Crippen molar-refractivity contribution >= 4 is 11.4 Å². The Balaban J connectivity index is 2.62. The van der Waals surface area contributed by atoms with Crippen molar-refractivity contribution in [1.29, 1.82) is 0 Å². The van der Waals surface area contributed by atoms with E-state index in [1.807, 2.05) is 16.7 Å². The Bertz CT molecular complexity index is 473. The van der Waals surface area contributed by atoms with Gasteiger partial charge in [0.1, 0.15) is 0 Å². The van der Waals surface area contributed by atoms with E-state index < -0.39 is 0 Å². The lowest BCUT2D eigenvalue weighted by Crippen LogP contribution is -2.22. The van der Waals surface area contributed by atoms with E-state index in [9.17, 15) is 4.79 Å². The first-order valence-electron chi connectivity index (χ1n) is 4.32. The predicted octanol–water partition coefficient (Wildman–Crippen LogP) is 1.04. The van der Waals surface area contributed by atoms with Crippen LogP contribution in [0.4, 0.5) is 0 Å². The number of aromatic nitrogens is 2. The van der Waals surface area contributed by atoms with Gasteiger partial charge in [-0.3, -0.25) is 4.79 Å². The van der Waals surface area contributed by atoms with Crippen LogP contribution in [0.1, 0.15) is 10.4 Å². The molecule has 72 valence electrons. The molecule has 0 aromatic carbocycles. The van der Waals surface area contributed by atoms with Gasteiger partial charge in [0.25, 0.3) is 5.91 Å². The number of hydrogen-bond acceptors (Lipinski definition) is 2. The van der Waals surface area contributed by atoms with Crippen molar-refractivity contribution in [3.63, 3.8) is 0 Å². The molecule has 2 aromatic heterocycles. The lowest BCUT2D eigenvalue weighted by Gasteiger charge is -2.10. The van der Waals surface area contributed by atoms with E-state index in [1.54, 1.807) is 37.6 Å². The normalized spacial score (nSPS) is 10.4. The van der Waals surface area contributed by atoms with Crippen molar-refractivity contribution in [2.45, 2.75) is 0 Å². The summed E-state index contributed by atoms with van der Waals surface area (Å²) < 4.78 is 1.83. The molecule has 4 heteroatoms. The Morgan fingerprint density at radius 3 is 3.00 bits per heavy atom. The number of pyridine rings is 1. The maximum absolute atomic E-state index is 11.7. The summed E-state index contributed by atoms with van der Waals surface area (Å²) in [6.07, 6.45) is 5.24. The van der Waals surface area contributed by atoms with Gasteiger partial charge in [0, 0.05) is 20.3 Å². The minimum absolute atomic E-state index is 0.00361. The van der Waals surface area contributed by atoms with Crippen LogP contribution in [0.15, 0.2) is 30.9 Å². The van der Waals surface area contributed by atoms with Gasteiger partial charge in [-0.15, -0.1) is 0 Å². The number of amides is 1. The minimum Gasteiger partial charge on any atom is -0.345 e. The van der Waals surface area contributed by atoms with E-state index >= 15 is 0 Å². The summed E-state index contributed by atoms with van der Waals surface area (Å²) >= 11 is 0. The quantitative estimate of drug-likeness (QED) is 0.672. The molecule has 1 amide bonds. The number of fused-ring (bicyclic) bond motifs is 1. The Labute approximate surface area is 81.8 Å². The molecule has 14 heavy (non-hydrogen) atoms. The molecule has 0 bridgehead atoms. The van der Waals surface area contributed by atoms with Crippen LogP contribution in [0.5, 0.6) is 0 Å². The van der Waals surface area contributed by atoms with Gasteiger partial charge < -0.3 is 9.30 Å². The van der Waals surface area contributed by atoms with Gasteiger partial charge in [-0.1, -0.05) is 0 Å². The van der Waals surface area contributed by atoms with Crippen LogP contribution >= 0.6 is 0 Å². The van der Waals surface area contributed by atoms with Crippen LogP contribution < -0.4 is 0 Å². The maximum Gasteiger partial charge on any atom is 0.255 e. The molecule has 2 rings (SSSR count). The second-order valence-electron chi connectivity index (χ2n) is 3.31. The van der Waals surface area contributed by atoms with Gasteiger partial charge >= 0.3 is 0 Å². The Kier molecular flexibility index (Phi) is 1.96. The number of carbonyl (C=O) groups excluding carboxylic acids is 1. The van der Waals surface area contributed by atoms with Crippen molar-refractivity contribution in [3.05, 3.63) is 36.4 Å². The van der Waals surface area contributed by atoms with E-state index in [4.69, 9.17) is 0 Å². The lowest BCUT2D eigenvalue weighted by atomic mass is 10.2. The van der Waals surface area contributed by atoms with E-state index in [0.717, 1.165) is 5.52 Å². The van der Waals surface area contributed by atoms with Gasteiger partial charge in [-0.05, 0) is 12.1 Å². The van der Waals surface area contributed by atoms with Crippen LogP contribution in [0.25, 0.3) is 5.52 Å². The number of rotatable bonds is 1. The molecular formula is C10H11N3O. The van der Waals surface area contributed by atoms with Gasteiger partial charge in [-0.25, -0.2) is 4.98 Å². The summed E-state index contributed by atoms with van der Waals surface area (Å²) in [5.74, 6) is -0.00361. The van der Waals surface area contributed by atoms with E-state index in [1.165, 1.54) is 0 Å². The highest BCUT2D eigenvalue weighted by Gasteiger charge is 2.11. The van der Waals surface area contributed by atoms with Crippen LogP contribution in [-0.2, 0) is 0 Å². The molecule has 0 radical (unpaired) electrons. The molecule has 0 fully saturated rings. The second kappa shape index (κ2) is 3.14. The summed E-state index contributed by atoms with van der Waals surface area (Å²) in [6.45, 7) is 0. The zero-order valence-corrected chi connectivity index (χ0v) is 8.14. The largest absolute Gasteiger partial charge is 0.345 e. The minimum atomic E-state index is -0.00361. The highest BCUT2D eigenvalue weighted by atomic mass is 16.2. The standard InChI is InChI=1S/C10H11N3O/c1-12(2)10(14)8-4-3-5-13-7-11-6-9(8)13/h3-7H,1-2H3. The fourth-order valence-corrected chi connectivity index (χ4v) is 1.37. The first kappa shape index (κ1) is 8.74. The average molecular weight is 189 g/mol. The van der Waals surface area contributed by atoms with Crippen molar-refractivity contribution < 1.29 is 4.79 Å². The first-order chi connectivity index (χ1) is 6.70. The summed E-state index contributed by atoms with van der Waals surface area (Å²) in [5.41, 5.74) is 1.52. The lowest BCUT2D eigenvalue weighted by molar-refractivity contribution is 0.0829. The molecular weight excluding hydrogens is 178 g/mol. The van der Waals surface area contributed by atoms with Gasteiger partial charge in [0.15, 0.2) is 0 Å². The molecule has 0 spiro atoms. The topological polar surface area (TPSA) is 37.6 Å². The maximum atomic E-state index is 11.7. The molecule has 0 saturated heterocycles. The Hall–Kier alpha value is -1.84. The van der Waals surface area contributed by atoms with Gasteiger partial charge in [0.2, 0.25) is 0 Å². The van der Waals surface area contributed by atoms with Crippen LogP contribution in [0.2, 0.25) is 0 Å². The van der Waals surface area contributed by atoms with E-state index in [0.29, 0.717) is 5.56 Å². The molecule has 0 atom stereocenters. The molecule has 0 saturated carbocycles. The highest BCUT2D eigenvalue weighted by molar-refractivity contribution is 6.00. The Morgan fingerprint density at radius 1 is 1.50 bits per heavy atom. The molecule has 2 heterocycles. The molecule has 0 aliphatic carbocycles. The summed E-state index contributed by atoms with van der Waals surface area (Å²) in [6, 6.07) is 3.64. The molecule has 4 nitrogen and oxygen atoms in total. The second-order valence-corrected chi connectivity index (χ2v) is 3.31. The Morgan fingerprint density at radius 2 is 2.29 bits per heavy atom. The van der Waals surface area contributed by atoms with Crippen molar-refractivity contribution in [2.24, 2.45) is 0 Å². The van der Waals surface area contributed by atoms with Gasteiger partial charge in [-0.2, -0.15) is 0 Å². The molecule has 0 aliphatic heterocycles. The van der Waals surface area contributed by atoms with Crippen LogP contribution in [-0.4, -0.2) is 34.3 Å². The third kappa shape index (κ3) is 1.25. The first-order valence-corrected chi connectivity index (χ1v) is 4.32. The fraction of sp³-hybridized carbons (Fsp3) is 0.200. The zero-order valence-electron chi connectivity index (χ0n) is 8.14. The summed E-state index contributed by atoms with van der Waals surface area (Å²) in [5, 5.41) is 0. The number of nitrogens with zero attached hydrogens (tertiary/aromatic N) is 3. The highest BCUT2D eigenvalue weighted by Crippen LogP contribution is 2.11. The third-order valence-electron chi connectivity index (χ3n) is 2.09. The van der Waals surface area contributed by atoms with E-state index in [2.05, 4.69) is 4.98 Å². The molecule has 0 N–H and O–H groups in total. The summed E-state index contributed by atoms with van der Waals surface area (Å²) in [7, 11) is 3.48. The molecule has 2 aromatic rings. The third-order valence-corrected chi connectivity index (χ3v) is 2.09. The zero-order chi connectivity index (χ0) is 10.1. The van der Waals surface area contributed by atoms with Crippen LogP contribution in [0.3, 0.4) is 0 Å². The van der Waals surface area contributed by atoms with Gasteiger partial charge in [0.05, 0.1) is 23.6 Å². The molecule has 0 unspecified atom stereocenters. The van der Waals surface area contributed by atoms with Crippen molar-refractivity contribution in [1.82, 2.24) is 14.3 Å². The van der Waals surface area contributed by atoms with Crippen molar-refractivity contribution in [3.8, 4) is 0 Å². The summed E-state index contributed by atoms with van der Waals surface area (Å²) in [4.78, 5) is 17.3.